The number of rotatable bonds is 11. The molecule has 1 amide bonds. The number of amides is 1. The van der Waals surface area contributed by atoms with E-state index in [1.54, 1.807) is 12.1 Å². The highest BCUT2D eigenvalue weighted by atomic mass is 32.2. The number of esters is 1. The molecule has 0 saturated carbocycles. The molecule has 0 bridgehead atoms. The molecule has 0 fully saturated rings. The first kappa shape index (κ1) is 25.4. The lowest BCUT2D eigenvalue weighted by atomic mass is 9.98. The summed E-state index contributed by atoms with van der Waals surface area (Å²) in [6.07, 6.45) is -0.203. The summed E-state index contributed by atoms with van der Waals surface area (Å²) in [6, 6.07) is 11.7. The third-order valence-electron chi connectivity index (χ3n) is 4.62. The Morgan fingerprint density at radius 3 is 2.38 bits per heavy atom. The average Bonchev–Trinajstić information content (AvgIpc) is 2.74. The molecular weight excluding hydrogens is 432 g/mol. The van der Waals surface area contributed by atoms with E-state index >= 15 is 0 Å². The SMILES string of the molecule is CCOc1ccc(S(=O)(=O)NCCC(=O)OCC(=O)Nc2c(C)cccc2C(C)C)cc1. The molecule has 0 aliphatic rings. The highest BCUT2D eigenvalue weighted by Crippen LogP contribution is 2.27. The van der Waals surface area contributed by atoms with Gasteiger partial charge < -0.3 is 14.8 Å². The van der Waals surface area contributed by atoms with Crippen LogP contribution in [0.25, 0.3) is 0 Å². The van der Waals surface area contributed by atoms with Gasteiger partial charge in [0.25, 0.3) is 5.91 Å². The van der Waals surface area contributed by atoms with Gasteiger partial charge in [0, 0.05) is 12.2 Å². The molecule has 0 radical (unpaired) electrons. The number of hydrogen-bond donors (Lipinski definition) is 2. The van der Waals surface area contributed by atoms with Gasteiger partial charge in [0.15, 0.2) is 6.61 Å². The van der Waals surface area contributed by atoms with Crippen molar-refractivity contribution >= 4 is 27.6 Å². The van der Waals surface area contributed by atoms with E-state index in [0.717, 1.165) is 11.1 Å². The predicted molar refractivity (Wildman–Crippen MR) is 122 cm³/mol. The lowest BCUT2D eigenvalue weighted by molar-refractivity contribution is -0.147. The topological polar surface area (TPSA) is 111 Å². The Hall–Kier alpha value is -2.91. The molecule has 0 unspecified atom stereocenters. The minimum Gasteiger partial charge on any atom is -0.494 e. The fourth-order valence-electron chi connectivity index (χ4n) is 2.99. The van der Waals surface area contributed by atoms with Gasteiger partial charge in [0.1, 0.15) is 5.75 Å². The molecular formula is C23H30N2O6S. The fourth-order valence-corrected chi connectivity index (χ4v) is 4.02. The molecule has 0 heterocycles. The monoisotopic (exact) mass is 462 g/mol. The van der Waals surface area contributed by atoms with Crippen LogP contribution in [0.5, 0.6) is 5.75 Å². The molecule has 0 atom stereocenters. The number of ether oxygens (including phenoxy) is 2. The van der Waals surface area contributed by atoms with Crippen molar-refractivity contribution in [2.24, 2.45) is 0 Å². The van der Waals surface area contributed by atoms with E-state index in [0.29, 0.717) is 18.0 Å². The van der Waals surface area contributed by atoms with Crippen LogP contribution in [0.15, 0.2) is 47.4 Å². The van der Waals surface area contributed by atoms with Crippen molar-refractivity contribution in [2.45, 2.75) is 44.9 Å². The molecule has 8 nitrogen and oxygen atoms in total. The van der Waals surface area contributed by atoms with Crippen LogP contribution in [0.4, 0.5) is 5.69 Å². The summed E-state index contributed by atoms with van der Waals surface area (Å²) in [5.74, 6) is -0.344. The zero-order chi connectivity index (χ0) is 23.7. The van der Waals surface area contributed by atoms with E-state index in [1.807, 2.05) is 45.9 Å². The summed E-state index contributed by atoms with van der Waals surface area (Å²) in [4.78, 5) is 24.2. The minimum atomic E-state index is -3.77. The van der Waals surface area contributed by atoms with Crippen molar-refractivity contribution in [3.8, 4) is 5.75 Å². The molecule has 2 N–H and O–H groups in total. The van der Waals surface area contributed by atoms with Crippen LogP contribution in [-0.4, -0.2) is 40.1 Å². The van der Waals surface area contributed by atoms with Gasteiger partial charge in [0.05, 0.1) is 17.9 Å². The zero-order valence-corrected chi connectivity index (χ0v) is 19.6. The molecule has 32 heavy (non-hydrogen) atoms. The average molecular weight is 463 g/mol. The molecule has 0 aromatic heterocycles. The van der Waals surface area contributed by atoms with Gasteiger partial charge >= 0.3 is 5.97 Å². The third kappa shape index (κ3) is 7.35. The number of benzene rings is 2. The smallest absolute Gasteiger partial charge is 0.307 e. The first-order chi connectivity index (χ1) is 15.1. The first-order valence-electron chi connectivity index (χ1n) is 10.4. The summed E-state index contributed by atoms with van der Waals surface area (Å²) >= 11 is 0. The number of nitrogens with one attached hydrogen (secondary N) is 2. The summed E-state index contributed by atoms with van der Waals surface area (Å²) < 4.78 is 37.2. The van der Waals surface area contributed by atoms with Crippen LogP contribution < -0.4 is 14.8 Å². The molecule has 2 aromatic rings. The number of sulfonamides is 1. The van der Waals surface area contributed by atoms with Gasteiger partial charge in [-0.2, -0.15) is 0 Å². The lowest BCUT2D eigenvalue weighted by Crippen LogP contribution is -2.28. The number of anilines is 1. The molecule has 0 aliphatic heterocycles. The molecule has 0 aliphatic carbocycles. The van der Waals surface area contributed by atoms with Crippen molar-refractivity contribution in [1.82, 2.24) is 4.72 Å². The largest absolute Gasteiger partial charge is 0.494 e. The second-order valence-corrected chi connectivity index (χ2v) is 9.22. The Kier molecular flexibility index (Phi) is 9.22. The number of para-hydroxylation sites is 1. The van der Waals surface area contributed by atoms with Crippen molar-refractivity contribution in [3.63, 3.8) is 0 Å². The van der Waals surface area contributed by atoms with E-state index in [4.69, 9.17) is 9.47 Å². The maximum atomic E-state index is 12.3. The zero-order valence-electron chi connectivity index (χ0n) is 18.8. The van der Waals surface area contributed by atoms with Gasteiger partial charge in [0.2, 0.25) is 10.0 Å². The third-order valence-corrected chi connectivity index (χ3v) is 6.10. The van der Waals surface area contributed by atoms with Gasteiger partial charge in [-0.05, 0) is 55.2 Å². The molecule has 0 spiro atoms. The Balaban J connectivity index is 1.80. The quantitative estimate of drug-likeness (QED) is 0.496. The van der Waals surface area contributed by atoms with Crippen molar-refractivity contribution < 1.29 is 27.5 Å². The standard InChI is InChI=1S/C23H30N2O6S/c1-5-30-18-9-11-19(12-10-18)32(28,29)24-14-13-22(27)31-15-21(26)25-23-17(4)7-6-8-20(23)16(2)3/h6-12,16,24H,5,13-15H2,1-4H3,(H,25,26). The Morgan fingerprint density at radius 2 is 1.75 bits per heavy atom. The fraction of sp³-hybridized carbons (Fsp3) is 0.391. The number of hydrogen-bond acceptors (Lipinski definition) is 6. The van der Waals surface area contributed by atoms with Crippen LogP contribution in [0.1, 0.15) is 44.2 Å². The van der Waals surface area contributed by atoms with Crippen molar-refractivity contribution in [1.29, 1.82) is 0 Å². The Bertz CT molecular complexity index is 1030. The minimum absolute atomic E-state index is 0.0629. The lowest BCUT2D eigenvalue weighted by Gasteiger charge is -2.16. The number of aryl methyl sites for hydroxylation is 1. The van der Waals surface area contributed by atoms with Gasteiger partial charge in [-0.25, -0.2) is 13.1 Å². The van der Waals surface area contributed by atoms with E-state index in [-0.39, 0.29) is 23.8 Å². The van der Waals surface area contributed by atoms with Crippen LogP contribution in [0, 0.1) is 6.92 Å². The van der Waals surface area contributed by atoms with E-state index in [1.165, 1.54) is 12.1 Å². The van der Waals surface area contributed by atoms with Crippen molar-refractivity contribution in [3.05, 3.63) is 53.6 Å². The Morgan fingerprint density at radius 1 is 1.06 bits per heavy atom. The number of carbonyl (C=O) groups excluding carboxylic acids is 2. The summed E-state index contributed by atoms with van der Waals surface area (Å²) in [5.41, 5.74) is 2.62. The van der Waals surface area contributed by atoms with Crippen LogP contribution in [0.2, 0.25) is 0 Å². The van der Waals surface area contributed by atoms with Crippen molar-refractivity contribution in [2.75, 3.05) is 25.1 Å². The highest BCUT2D eigenvalue weighted by molar-refractivity contribution is 7.89. The van der Waals surface area contributed by atoms with E-state index in [9.17, 15) is 18.0 Å². The molecule has 174 valence electrons. The highest BCUT2D eigenvalue weighted by Gasteiger charge is 2.16. The number of carbonyl (C=O) groups is 2. The molecule has 0 saturated heterocycles. The van der Waals surface area contributed by atoms with Crippen LogP contribution in [-0.2, 0) is 24.3 Å². The molecule has 9 heteroatoms. The molecule has 2 aromatic carbocycles. The van der Waals surface area contributed by atoms with Gasteiger partial charge in [-0.3, -0.25) is 9.59 Å². The summed E-state index contributed by atoms with van der Waals surface area (Å²) in [5, 5.41) is 2.79. The molecule has 2 rings (SSSR count). The summed E-state index contributed by atoms with van der Waals surface area (Å²) in [6.45, 7) is 7.66. The van der Waals surface area contributed by atoms with Gasteiger partial charge in [-0.1, -0.05) is 32.0 Å². The van der Waals surface area contributed by atoms with Crippen LogP contribution >= 0.6 is 0 Å². The maximum Gasteiger partial charge on any atom is 0.307 e. The van der Waals surface area contributed by atoms with Gasteiger partial charge in [-0.15, -0.1) is 0 Å². The van der Waals surface area contributed by atoms with E-state index < -0.39 is 28.5 Å². The second-order valence-electron chi connectivity index (χ2n) is 7.45. The van der Waals surface area contributed by atoms with E-state index in [2.05, 4.69) is 10.0 Å². The second kappa shape index (κ2) is 11.6. The Labute approximate surface area is 189 Å². The van der Waals surface area contributed by atoms with Crippen LogP contribution in [0.3, 0.4) is 0 Å². The maximum absolute atomic E-state index is 12.3. The first-order valence-corrected chi connectivity index (χ1v) is 11.9. The normalized spacial score (nSPS) is 11.3. The summed E-state index contributed by atoms with van der Waals surface area (Å²) in [7, 11) is -3.77. The predicted octanol–water partition coefficient (Wildman–Crippen LogP) is 3.37.